The van der Waals surface area contributed by atoms with Gasteiger partial charge in [-0.1, -0.05) is 18.2 Å². The molecule has 2 atom stereocenters. The van der Waals surface area contributed by atoms with Gasteiger partial charge >= 0.3 is 5.97 Å². The number of sulfonamides is 1. The van der Waals surface area contributed by atoms with E-state index in [-0.39, 0.29) is 29.8 Å². The molecule has 0 saturated carbocycles. The molecule has 2 aliphatic heterocycles. The van der Waals surface area contributed by atoms with Crippen molar-refractivity contribution in [2.75, 3.05) is 26.3 Å². The lowest BCUT2D eigenvalue weighted by molar-refractivity contribution is -0.143. The largest absolute Gasteiger partial charge is 0.486 e. The Kier molecular flexibility index (Phi) is 8.00. The van der Waals surface area contributed by atoms with E-state index in [2.05, 4.69) is 10.0 Å². The first-order chi connectivity index (χ1) is 14.9. The normalized spacial score (nSPS) is 18.6. The fourth-order valence-electron chi connectivity index (χ4n) is 4.03. The van der Waals surface area contributed by atoms with Gasteiger partial charge in [0.1, 0.15) is 13.2 Å². The van der Waals surface area contributed by atoms with Crippen LogP contribution < -0.4 is 19.5 Å². The molecule has 4 rings (SSSR count). The molecule has 0 radical (unpaired) electrons. The van der Waals surface area contributed by atoms with Crippen LogP contribution in [0.3, 0.4) is 0 Å². The quantitative estimate of drug-likeness (QED) is 0.528. The summed E-state index contributed by atoms with van der Waals surface area (Å²) in [6.07, 6.45) is 1.11. The van der Waals surface area contributed by atoms with E-state index in [1.807, 2.05) is 0 Å². The Hall–Kier alpha value is -2.33. The van der Waals surface area contributed by atoms with Crippen LogP contribution in [-0.2, 0) is 27.8 Å². The van der Waals surface area contributed by atoms with E-state index >= 15 is 0 Å². The third-order valence-corrected chi connectivity index (χ3v) is 7.12. The number of fused-ring (bicyclic) bond motifs is 1. The number of rotatable bonds is 8. The number of benzene rings is 2. The van der Waals surface area contributed by atoms with E-state index in [0.29, 0.717) is 43.2 Å². The molecule has 2 aromatic rings. The second kappa shape index (κ2) is 10.5. The van der Waals surface area contributed by atoms with Crippen LogP contribution in [0.2, 0.25) is 0 Å². The summed E-state index contributed by atoms with van der Waals surface area (Å²) >= 11 is 0. The lowest BCUT2D eigenvalue weighted by Gasteiger charge is -2.19. The van der Waals surface area contributed by atoms with Gasteiger partial charge in [-0.25, -0.2) is 13.1 Å². The highest BCUT2D eigenvalue weighted by Gasteiger charge is 2.30. The molecule has 0 amide bonds. The molecule has 0 aliphatic carbocycles. The molecule has 1 fully saturated rings. The number of carbonyl (C=O) groups is 1. The molecule has 0 spiro atoms. The van der Waals surface area contributed by atoms with Gasteiger partial charge in [0.2, 0.25) is 10.0 Å². The Morgan fingerprint density at radius 3 is 2.62 bits per heavy atom. The molecule has 174 valence electrons. The summed E-state index contributed by atoms with van der Waals surface area (Å²) in [6.45, 7) is 2.55. The summed E-state index contributed by atoms with van der Waals surface area (Å²) in [4.78, 5) is 11.9. The summed E-state index contributed by atoms with van der Waals surface area (Å²) in [5.74, 6) is -0.0921. The number of halogens is 1. The SMILES string of the molecule is Cl.O=C(O)[C@@H](Cc1cccc(S(=O)(=O)NCc2ccc3c(c2)OCCO3)c1)[C@H]1CCNC1. The number of ether oxygens (including phenoxy) is 2. The molecule has 1 saturated heterocycles. The Morgan fingerprint density at radius 2 is 1.91 bits per heavy atom. The van der Waals surface area contributed by atoms with Gasteiger partial charge in [0.05, 0.1) is 10.8 Å². The van der Waals surface area contributed by atoms with Gasteiger partial charge in [-0.05, 0) is 67.2 Å². The minimum Gasteiger partial charge on any atom is -0.486 e. The summed E-state index contributed by atoms with van der Waals surface area (Å²) in [7, 11) is -3.76. The highest BCUT2D eigenvalue weighted by molar-refractivity contribution is 7.89. The predicted molar refractivity (Wildman–Crippen MR) is 121 cm³/mol. The lowest BCUT2D eigenvalue weighted by Crippen LogP contribution is -2.27. The van der Waals surface area contributed by atoms with Crippen LogP contribution >= 0.6 is 12.4 Å². The third kappa shape index (κ3) is 5.72. The maximum atomic E-state index is 12.8. The highest BCUT2D eigenvalue weighted by atomic mass is 35.5. The summed E-state index contributed by atoms with van der Waals surface area (Å²) < 4.78 is 39.3. The Balaban J connectivity index is 0.00000289. The summed E-state index contributed by atoms with van der Waals surface area (Å²) in [5.41, 5.74) is 1.45. The van der Waals surface area contributed by atoms with Crippen molar-refractivity contribution < 1.29 is 27.8 Å². The lowest BCUT2D eigenvalue weighted by atomic mass is 9.86. The number of nitrogens with one attached hydrogen (secondary N) is 2. The molecule has 0 unspecified atom stereocenters. The molecular weight excluding hydrogens is 456 g/mol. The van der Waals surface area contributed by atoms with Crippen LogP contribution in [0, 0.1) is 11.8 Å². The molecule has 8 nitrogen and oxygen atoms in total. The van der Waals surface area contributed by atoms with Gasteiger partial charge in [0.25, 0.3) is 0 Å². The Morgan fingerprint density at radius 1 is 1.12 bits per heavy atom. The first-order valence-electron chi connectivity index (χ1n) is 10.3. The topological polar surface area (TPSA) is 114 Å². The Labute approximate surface area is 193 Å². The monoisotopic (exact) mass is 482 g/mol. The zero-order chi connectivity index (χ0) is 21.8. The van der Waals surface area contributed by atoms with Gasteiger partial charge < -0.3 is 19.9 Å². The predicted octanol–water partition coefficient (Wildman–Crippen LogP) is 2.21. The van der Waals surface area contributed by atoms with Crippen molar-refractivity contribution in [1.29, 1.82) is 0 Å². The van der Waals surface area contributed by atoms with Crippen molar-refractivity contribution in [3.8, 4) is 11.5 Å². The van der Waals surface area contributed by atoms with Crippen molar-refractivity contribution in [2.24, 2.45) is 11.8 Å². The van der Waals surface area contributed by atoms with Crippen molar-refractivity contribution in [1.82, 2.24) is 10.0 Å². The van der Waals surface area contributed by atoms with Crippen LogP contribution in [0.1, 0.15) is 17.5 Å². The summed E-state index contributed by atoms with van der Waals surface area (Å²) in [6, 6.07) is 11.8. The molecule has 2 aliphatic rings. The average Bonchev–Trinajstić information content (AvgIpc) is 3.30. The molecule has 32 heavy (non-hydrogen) atoms. The average molecular weight is 483 g/mol. The Bertz CT molecular complexity index is 1060. The third-order valence-electron chi connectivity index (χ3n) is 5.72. The first-order valence-corrected chi connectivity index (χ1v) is 11.8. The highest BCUT2D eigenvalue weighted by Crippen LogP contribution is 2.31. The van der Waals surface area contributed by atoms with Crippen LogP contribution in [-0.4, -0.2) is 45.8 Å². The molecule has 0 aromatic heterocycles. The smallest absolute Gasteiger partial charge is 0.307 e. The van der Waals surface area contributed by atoms with Crippen LogP contribution in [0.4, 0.5) is 0 Å². The second-order valence-electron chi connectivity index (χ2n) is 7.85. The van der Waals surface area contributed by atoms with Crippen molar-refractivity contribution in [3.05, 3.63) is 53.6 Å². The maximum Gasteiger partial charge on any atom is 0.307 e. The van der Waals surface area contributed by atoms with Crippen molar-refractivity contribution in [2.45, 2.75) is 24.3 Å². The summed E-state index contributed by atoms with van der Waals surface area (Å²) in [5, 5.41) is 12.8. The molecule has 0 bridgehead atoms. The van der Waals surface area contributed by atoms with Crippen LogP contribution in [0.15, 0.2) is 47.4 Å². The molecule has 2 heterocycles. The maximum absolute atomic E-state index is 12.8. The van der Waals surface area contributed by atoms with E-state index in [9.17, 15) is 18.3 Å². The van der Waals surface area contributed by atoms with E-state index in [0.717, 1.165) is 18.5 Å². The van der Waals surface area contributed by atoms with Gasteiger partial charge in [-0.2, -0.15) is 0 Å². The van der Waals surface area contributed by atoms with Gasteiger partial charge in [-0.3, -0.25) is 4.79 Å². The van der Waals surface area contributed by atoms with E-state index < -0.39 is 21.9 Å². The zero-order valence-corrected chi connectivity index (χ0v) is 19.1. The fraction of sp³-hybridized carbons (Fsp3) is 0.409. The van der Waals surface area contributed by atoms with Gasteiger partial charge in [0.15, 0.2) is 11.5 Å². The minimum atomic E-state index is -3.76. The number of aliphatic carboxylic acids is 1. The van der Waals surface area contributed by atoms with Gasteiger partial charge in [0, 0.05) is 6.54 Å². The molecule has 2 aromatic carbocycles. The second-order valence-corrected chi connectivity index (χ2v) is 9.62. The molecular formula is C22H27ClN2O6S. The standard InChI is InChI=1S/C22H26N2O6S.ClH/c25-22(26)19(17-6-7-23-14-17)11-15-2-1-3-18(10-15)31(27,28)24-13-16-4-5-20-21(12-16)30-9-8-29-20;/h1-5,10,12,17,19,23-24H,6-9,11,13-14H2,(H,25,26);1H/t17-,19-;/m0./s1. The molecule has 10 heteroatoms. The van der Waals surface area contributed by atoms with Crippen molar-refractivity contribution in [3.63, 3.8) is 0 Å². The number of carboxylic acid groups (broad SMARTS) is 1. The zero-order valence-electron chi connectivity index (χ0n) is 17.5. The van der Waals surface area contributed by atoms with Gasteiger partial charge in [-0.15, -0.1) is 12.4 Å². The molecule has 3 N–H and O–H groups in total. The van der Waals surface area contributed by atoms with Crippen molar-refractivity contribution >= 4 is 28.4 Å². The number of hydrogen-bond acceptors (Lipinski definition) is 6. The van der Waals surface area contributed by atoms with E-state index in [1.165, 1.54) is 6.07 Å². The first kappa shape index (κ1) is 24.3. The number of hydrogen-bond donors (Lipinski definition) is 3. The minimum absolute atomic E-state index is 0. The van der Waals surface area contributed by atoms with E-state index in [4.69, 9.17) is 9.47 Å². The van der Waals surface area contributed by atoms with Crippen LogP contribution in [0.25, 0.3) is 0 Å². The fourth-order valence-corrected chi connectivity index (χ4v) is 5.12. The number of carboxylic acids is 1. The van der Waals surface area contributed by atoms with E-state index in [1.54, 1.807) is 36.4 Å². The van der Waals surface area contributed by atoms with Crippen LogP contribution in [0.5, 0.6) is 11.5 Å².